The Balaban J connectivity index is 1.85. The third-order valence-corrected chi connectivity index (χ3v) is 6.92. The van der Waals surface area contributed by atoms with E-state index < -0.39 is 21.1 Å². The summed E-state index contributed by atoms with van der Waals surface area (Å²) in [5, 5.41) is 4.16. The van der Waals surface area contributed by atoms with Gasteiger partial charge in [0.05, 0.1) is 33.6 Å². The molecule has 0 radical (unpaired) electrons. The monoisotopic (exact) mass is 441 g/mol. The van der Waals surface area contributed by atoms with Crippen molar-refractivity contribution in [3.8, 4) is 0 Å². The number of sulfonamides is 1. The topological polar surface area (TPSA) is 98.9 Å². The Hall–Kier alpha value is -1.94. The minimum Gasteiger partial charge on any atom is -0.278 e. The molecule has 148 valence electrons. The van der Waals surface area contributed by atoms with Crippen LogP contribution < -0.4 is 10.3 Å². The molecule has 0 amide bonds. The van der Waals surface area contributed by atoms with Crippen molar-refractivity contribution in [1.82, 2.24) is 24.1 Å². The number of rotatable bonds is 5. The zero-order chi connectivity index (χ0) is 20.3. The van der Waals surface area contributed by atoms with Crippen LogP contribution >= 0.6 is 23.2 Å². The highest BCUT2D eigenvalue weighted by Gasteiger charge is 2.41. The van der Waals surface area contributed by atoms with E-state index in [1.807, 2.05) is 6.92 Å². The fourth-order valence-electron chi connectivity index (χ4n) is 2.93. The molecular weight excluding hydrogens is 425 g/mol. The fourth-order valence-corrected chi connectivity index (χ4v) is 5.00. The number of benzene rings is 1. The zero-order valence-corrected chi connectivity index (χ0v) is 17.4. The molecule has 3 aromatic rings. The van der Waals surface area contributed by atoms with E-state index in [2.05, 4.69) is 14.8 Å². The zero-order valence-electron chi connectivity index (χ0n) is 15.1. The number of nitrogens with zero attached hydrogens (tertiary/aromatic N) is 4. The van der Waals surface area contributed by atoms with Crippen LogP contribution in [0.2, 0.25) is 10.3 Å². The van der Waals surface area contributed by atoms with Gasteiger partial charge in [-0.25, -0.2) is 18.1 Å². The Morgan fingerprint density at radius 3 is 2.61 bits per heavy atom. The summed E-state index contributed by atoms with van der Waals surface area (Å²) in [5.41, 5.74) is -0.00377. The summed E-state index contributed by atoms with van der Waals surface area (Å²) < 4.78 is 30.9. The van der Waals surface area contributed by atoms with Crippen LogP contribution in [0, 0.1) is 0 Å². The van der Waals surface area contributed by atoms with E-state index in [0.717, 1.165) is 18.4 Å². The molecular formula is C17H17Cl2N5O3S. The smallest absolute Gasteiger partial charge is 0.262 e. The predicted molar refractivity (Wildman–Crippen MR) is 106 cm³/mol. The summed E-state index contributed by atoms with van der Waals surface area (Å²) in [6, 6.07) is 2.58. The molecule has 0 bridgehead atoms. The van der Waals surface area contributed by atoms with Crippen LogP contribution in [0.4, 0.5) is 0 Å². The van der Waals surface area contributed by atoms with Gasteiger partial charge in [0.25, 0.3) is 5.56 Å². The predicted octanol–water partition coefficient (Wildman–Crippen LogP) is 2.32. The van der Waals surface area contributed by atoms with Crippen molar-refractivity contribution >= 4 is 44.1 Å². The number of hydrogen-bond donors (Lipinski definition) is 1. The molecule has 4 rings (SSSR count). The van der Waals surface area contributed by atoms with Crippen molar-refractivity contribution in [2.75, 3.05) is 0 Å². The average molecular weight is 442 g/mol. The first-order valence-corrected chi connectivity index (χ1v) is 10.7. The number of nitrogens with one attached hydrogen (secondary N) is 1. The van der Waals surface area contributed by atoms with Crippen molar-refractivity contribution in [2.24, 2.45) is 7.05 Å². The molecule has 11 heteroatoms. The molecule has 0 unspecified atom stereocenters. The lowest BCUT2D eigenvalue weighted by Crippen LogP contribution is -2.34. The average Bonchev–Trinajstić information content (AvgIpc) is 3.17. The van der Waals surface area contributed by atoms with E-state index in [-0.39, 0.29) is 32.6 Å². The summed E-state index contributed by atoms with van der Waals surface area (Å²) in [5.74, 6) is 0. The molecule has 1 saturated carbocycles. The highest BCUT2D eigenvalue weighted by molar-refractivity contribution is 7.89. The van der Waals surface area contributed by atoms with Crippen LogP contribution in [0.1, 0.15) is 25.3 Å². The standard InChI is InChI=1S/C17H17Cl2N5O3S/c1-17(3-4-17)22-28(26,27)11-5-12-14(13(18)6-11)21-16(19)24(15(12)25)9-10-7-20-23(2)8-10/h5-8,22H,3-4,9H2,1-2H3. The van der Waals surface area contributed by atoms with Gasteiger partial charge < -0.3 is 0 Å². The third kappa shape index (κ3) is 3.55. The van der Waals surface area contributed by atoms with Gasteiger partial charge in [-0.3, -0.25) is 14.0 Å². The molecule has 0 atom stereocenters. The Labute approximate surface area is 171 Å². The van der Waals surface area contributed by atoms with Crippen LogP contribution in [0.25, 0.3) is 10.9 Å². The van der Waals surface area contributed by atoms with Gasteiger partial charge in [0, 0.05) is 24.3 Å². The van der Waals surface area contributed by atoms with Gasteiger partial charge in [0.1, 0.15) is 0 Å². The number of aryl methyl sites for hydroxylation is 1. The largest absolute Gasteiger partial charge is 0.278 e. The van der Waals surface area contributed by atoms with Gasteiger partial charge in [0.15, 0.2) is 0 Å². The first-order valence-electron chi connectivity index (χ1n) is 8.49. The summed E-state index contributed by atoms with van der Waals surface area (Å²) in [4.78, 5) is 17.2. The Morgan fingerprint density at radius 2 is 2.00 bits per heavy atom. The summed E-state index contributed by atoms with van der Waals surface area (Å²) in [6.07, 6.45) is 4.90. The van der Waals surface area contributed by atoms with Crippen molar-refractivity contribution in [2.45, 2.75) is 36.7 Å². The van der Waals surface area contributed by atoms with E-state index in [1.54, 1.807) is 24.1 Å². The molecule has 1 fully saturated rings. The van der Waals surface area contributed by atoms with Crippen molar-refractivity contribution < 1.29 is 8.42 Å². The van der Waals surface area contributed by atoms with Gasteiger partial charge in [-0.05, 0) is 43.5 Å². The highest BCUT2D eigenvalue weighted by Crippen LogP contribution is 2.36. The second-order valence-electron chi connectivity index (χ2n) is 7.26. The van der Waals surface area contributed by atoms with Crippen molar-refractivity contribution in [1.29, 1.82) is 0 Å². The Morgan fingerprint density at radius 1 is 1.29 bits per heavy atom. The van der Waals surface area contributed by atoms with Crippen LogP contribution in [0.5, 0.6) is 0 Å². The van der Waals surface area contributed by atoms with Crippen LogP contribution in [-0.2, 0) is 23.6 Å². The molecule has 2 heterocycles. The van der Waals surface area contributed by atoms with E-state index in [4.69, 9.17) is 23.2 Å². The van der Waals surface area contributed by atoms with Crippen molar-refractivity contribution in [3.05, 3.63) is 50.7 Å². The van der Waals surface area contributed by atoms with Crippen LogP contribution in [0.3, 0.4) is 0 Å². The second kappa shape index (κ2) is 6.55. The minimum atomic E-state index is -3.82. The number of fused-ring (bicyclic) bond motifs is 1. The maximum atomic E-state index is 13.0. The molecule has 1 aromatic carbocycles. The molecule has 1 N–H and O–H groups in total. The van der Waals surface area contributed by atoms with Gasteiger partial charge in [-0.2, -0.15) is 5.10 Å². The number of hydrogen-bond acceptors (Lipinski definition) is 5. The fraction of sp³-hybridized carbons (Fsp3) is 0.353. The Bertz CT molecular complexity index is 1260. The number of halogens is 2. The van der Waals surface area contributed by atoms with Gasteiger partial charge in [-0.1, -0.05) is 11.6 Å². The highest BCUT2D eigenvalue weighted by atomic mass is 35.5. The van der Waals surface area contributed by atoms with Crippen LogP contribution in [-0.4, -0.2) is 33.3 Å². The second-order valence-corrected chi connectivity index (χ2v) is 9.69. The summed E-state index contributed by atoms with van der Waals surface area (Å²) in [7, 11) is -2.06. The Kier molecular flexibility index (Phi) is 4.53. The molecule has 0 spiro atoms. The van der Waals surface area contributed by atoms with E-state index in [9.17, 15) is 13.2 Å². The molecule has 2 aromatic heterocycles. The molecule has 1 aliphatic carbocycles. The lowest BCUT2D eigenvalue weighted by atomic mass is 10.2. The van der Waals surface area contributed by atoms with E-state index >= 15 is 0 Å². The third-order valence-electron chi connectivity index (χ3n) is 4.73. The van der Waals surface area contributed by atoms with E-state index in [1.165, 1.54) is 16.7 Å². The molecule has 0 aliphatic heterocycles. The van der Waals surface area contributed by atoms with Crippen molar-refractivity contribution in [3.63, 3.8) is 0 Å². The summed E-state index contributed by atoms with van der Waals surface area (Å²) >= 11 is 12.4. The maximum absolute atomic E-state index is 13.0. The van der Waals surface area contributed by atoms with Gasteiger partial charge in [-0.15, -0.1) is 0 Å². The molecule has 28 heavy (non-hydrogen) atoms. The molecule has 0 saturated heterocycles. The quantitative estimate of drug-likeness (QED) is 0.612. The number of aromatic nitrogens is 4. The van der Waals surface area contributed by atoms with Gasteiger partial charge in [0.2, 0.25) is 15.3 Å². The van der Waals surface area contributed by atoms with Gasteiger partial charge >= 0.3 is 0 Å². The lowest BCUT2D eigenvalue weighted by molar-refractivity contribution is 0.558. The molecule has 8 nitrogen and oxygen atoms in total. The molecule has 1 aliphatic rings. The lowest BCUT2D eigenvalue weighted by Gasteiger charge is -2.14. The normalized spacial score (nSPS) is 15.9. The van der Waals surface area contributed by atoms with E-state index in [0.29, 0.717) is 0 Å². The minimum absolute atomic E-state index is 0.0394. The maximum Gasteiger partial charge on any atom is 0.262 e. The first-order chi connectivity index (χ1) is 13.1. The summed E-state index contributed by atoms with van der Waals surface area (Å²) in [6.45, 7) is 1.98. The van der Waals surface area contributed by atoms with Crippen LogP contribution in [0.15, 0.2) is 34.2 Å². The first kappa shape index (κ1) is 19.4. The SMILES string of the molecule is Cn1cc(Cn2c(Cl)nc3c(Cl)cc(S(=O)(=O)NC4(C)CC4)cc3c2=O)cn1.